The molecular formula is C28H37O6P. The highest BCUT2D eigenvalue weighted by Gasteiger charge is 2.16. The Morgan fingerprint density at radius 2 is 1.03 bits per heavy atom. The summed E-state index contributed by atoms with van der Waals surface area (Å²) in [5.41, 5.74) is -0.853. The van der Waals surface area contributed by atoms with E-state index < -0.39 is 17.2 Å². The van der Waals surface area contributed by atoms with Crippen molar-refractivity contribution in [1.29, 1.82) is 0 Å². The van der Waals surface area contributed by atoms with Crippen LogP contribution in [-0.2, 0) is 0 Å². The maximum atomic E-state index is 10.2. The summed E-state index contributed by atoms with van der Waals surface area (Å²) in [7, 11) is -0.0129. The Kier molecular flexibility index (Phi) is 13.7. The minimum Gasteiger partial charge on any atom is -0.478 e. The molecule has 0 aliphatic heterocycles. The zero-order chi connectivity index (χ0) is 26.2. The van der Waals surface area contributed by atoms with Gasteiger partial charge < -0.3 is 24.4 Å². The molecule has 3 rings (SSSR count). The predicted molar refractivity (Wildman–Crippen MR) is 142 cm³/mol. The number of carboxylic acid groups (broad SMARTS) is 1. The number of aromatic carboxylic acids is 1. The first-order valence-electron chi connectivity index (χ1n) is 11.4. The molecule has 0 saturated heterocycles. The molecule has 0 bridgehead atoms. The largest absolute Gasteiger partial charge is 0.478 e. The molecule has 0 amide bonds. The van der Waals surface area contributed by atoms with Crippen molar-refractivity contribution in [2.45, 2.75) is 58.2 Å². The standard InChI is InChI=1S/C12H11O2P.C9H20O2.C7H6O2/c1-3-7-11(8-4-1)13-15-14-12-9-5-2-6-10-12;1-8(2,10)6-5-7-9(3,4)11;8-7(9)6-4-2-1-3-5-6/h1-10,15H;10-11H,5-7H2,1-4H3;1-5H,(H,8,9). The number of carboxylic acids is 1. The van der Waals surface area contributed by atoms with Crippen molar-refractivity contribution in [3.8, 4) is 11.5 Å². The summed E-state index contributed by atoms with van der Waals surface area (Å²) in [6.07, 6.45) is 2.36. The van der Waals surface area contributed by atoms with Gasteiger partial charge >= 0.3 is 5.97 Å². The molecule has 3 aromatic carbocycles. The van der Waals surface area contributed by atoms with Gasteiger partial charge in [-0.05, 0) is 83.4 Å². The monoisotopic (exact) mass is 500 g/mol. The van der Waals surface area contributed by atoms with Crippen LogP contribution >= 0.6 is 9.03 Å². The van der Waals surface area contributed by atoms with Crippen molar-refractivity contribution in [3.63, 3.8) is 0 Å². The Balaban J connectivity index is 0.000000273. The summed E-state index contributed by atoms with van der Waals surface area (Å²) in [4.78, 5) is 10.2. The average Bonchev–Trinajstić information content (AvgIpc) is 2.80. The van der Waals surface area contributed by atoms with Crippen LogP contribution in [0.5, 0.6) is 11.5 Å². The molecule has 7 heteroatoms. The Hall–Kier alpha value is -2.92. The molecule has 6 nitrogen and oxygen atoms in total. The van der Waals surface area contributed by atoms with Crippen LogP contribution in [0, 0.1) is 0 Å². The summed E-state index contributed by atoms with van der Waals surface area (Å²) < 4.78 is 10.8. The first-order chi connectivity index (χ1) is 16.5. The number of hydrogen-bond donors (Lipinski definition) is 3. The molecule has 3 aromatic rings. The quantitative estimate of drug-likeness (QED) is 0.282. The van der Waals surface area contributed by atoms with Gasteiger partial charge in [-0.1, -0.05) is 54.6 Å². The highest BCUT2D eigenvalue weighted by molar-refractivity contribution is 7.27. The lowest BCUT2D eigenvalue weighted by molar-refractivity contribution is 0.0412. The maximum absolute atomic E-state index is 10.2. The highest BCUT2D eigenvalue weighted by Crippen LogP contribution is 2.24. The first-order valence-corrected chi connectivity index (χ1v) is 12.2. The number of rotatable bonds is 9. The van der Waals surface area contributed by atoms with Crippen molar-refractivity contribution in [2.24, 2.45) is 0 Å². The average molecular weight is 501 g/mol. The topological polar surface area (TPSA) is 96.2 Å². The van der Waals surface area contributed by atoms with Crippen molar-refractivity contribution in [2.75, 3.05) is 0 Å². The third kappa shape index (κ3) is 17.2. The Morgan fingerprint density at radius 3 is 1.31 bits per heavy atom. The molecule has 0 aliphatic carbocycles. The zero-order valence-corrected chi connectivity index (χ0v) is 21.8. The van der Waals surface area contributed by atoms with E-state index in [2.05, 4.69) is 0 Å². The molecule has 3 N–H and O–H groups in total. The summed E-state index contributed by atoms with van der Waals surface area (Å²) in [6, 6.07) is 27.5. The fourth-order valence-corrected chi connectivity index (χ4v) is 3.13. The van der Waals surface area contributed by atoms with E-state index in [1.54, 1.807) is 58.0 Å². The van der Waals surface area contributed by atoms with E-state index in [-0.39, 0.29) is 9.03 Å². The van der Waals surface area contributed by atoms with Crippen LogP contribution in [0.4, 0.5) is 0 Å². The highest BCUT2D eigenvalue weighted by atomic mass is 31.1. The Labute approximate surface area is 210 Å². The summed E-state index contributed by atoms with van der Waals surface area (Å²) in [5, 5.41) is 27.1. The molecule has 0 fully saturated rings. The summed E-state index contributed by atoms with van der Waals surface area (Å²) >= 11 is 0. The van der Waals surface area contributed by atoms with Crippen LogP contribution in [0.2, 0.25) is 0 Å². The van der Waals surface area contributed by atoms with Gasteiger partial charge in [0.1, 0.15) is 11.5 Å². The van der Waals surface area contributed by atoms with Crippen LogP contribution in [0.1, 0.15) is 57.3 Å². The molecule has 0 atom stereocenters. The molecule has 35 heavy (non-hydrogen) atoms. The second-order valence-corrected chi connectivity index (χ2v) is 9.64. The number of para-hydroxylation sites is 2. The Morgan fingerprint density at radius 1 is 0.686 bits per heavy atom. The SMILES string of the molecule is CC(C)(O)CCCC(C)(C)O.O=C(O)c1ccccc1.c1ccc(OPOc2ccccc2)cc1. The minimum atomic E-state index is -0.879. The minimum absolute atomic E-state index is 0.0129. The van der Waals surface area contributed by atoms with E-state index >= 15 is 0 Å². The summed E-state index contributed by atoms with van der Waals surface area (Å²) in [6.45, 7) is 7.16. The van der Waals surface area contributed by atoms with E-state index in [0.29, 0.717) is 5.56 Å². The van der Waals surface area contributed by atoms with Gasteiger partial charge in [-0.3, -0.25) is 0 Å². The number of benzene rings is 3. The van der Waals surface area contributed by atoms with Crippen LogP contribution in [0.15, 0.2) is 91.0 Å². The van der Waals surface area contributed by atoms with Crippen molar-refractivity contribution in [1.82, 2.24) is 0 Å². The molecule has 190 valence electrons. The smallest absolute Gasteiger partial charge is 0.335 e. The first kappa shape index (κ1) is 30.1. The van der Waals surface area contributed by atoms with Crippen LogP contribution in [-0.4, -0.2) is 32.5 Å². The van der Waals surface area contributed by atoms with Gasteiger partial charge in [0.2, 0.25) is 0 Å². The Bertz CT molecular complexity index is 882. The molecular weight excluding hydrogens is 463 g/mol. The molecule has 0 spiro atoms. The molecule has 0 aromatic heterocycles. The van der Waals surface area contributed by atoms with E-state index in [9.17, 15) is 15.0 Å². The third-order valence-corrected chi connectivity index (χ3v) is 5.04. The van der Waals surface area contributed by atoms with Gasteiger partial charge in [0.05, 0.1) is 16.8 Å². The molecule has 0 heterocycles. The van der Waals surface area contributed by atoms with Crippen molar-refractivity contribution in [3.05, 3.63) is 96.6 Å². The third-order valence-electron chi connectivity index (χ3n) is 4.40. The molecule has 0 aliphatic rings. The van der Waals surface area contributed by atoms with Crippen molar-refractivity contribution < 1.29 is 29.2 Å². The van der Waals surface area contributed by atoms with Gasteiger partial charge in [0, 0.05) is 0 Å². The van der Waals surface area contributed by atoms with Gasteiger partial charge in [0.15, 0.2) is 0 Å². The lowest BCUT2D eigenvalue weighted by Gasteiger charge is -2.21. The molecule has 0 saturated carbocycles. The maximum Gasteiger partial charge on any atom is 0.335 e. The molecule has 0 unspecified atom stereocenters. The van der Waals surface area contributed by atoms with Gasteiger partial charge in [-0.25, -0.2) is 4.79 Å². The van der Waals surface area contributed by atoms with Crippen LogP contribution in [0.25, 0.3) is 0 Å². The second kappa shape index (κ2) is 15.9. The van der Waals surface area contributed by atoms with Crippen LogP contribution < -0.4 is 9.05 Å². The van der Waals surface area contributed by atoms with Crippen LogP contribution in [0.3, 0.4) is 0 Å². The fourth-order valence-electron chi connectivity index (χ4n) is 2.63. The van der Waals surface area contributed by atoms with E-state index in [4.69, 9.17) is 14.2 Å². The lowest BCUT2D eigenvalue weighted by atomic mass is 9.95. The van der Waals surface area contributed by atoms with Gasteiger partial charge in [-0.2, -0.15) is 0 Å². The number of aliphatic hydroxyl groups is 2. The van der Waals surface area contributed by atoms with Gasteiger partial charge in [0.25, 0.3) is 9.03 Å². The van der Waals surface area contributed by atoms with E-state index in [0.717, 1.165) is 30.8 Å². The van der Waals surface area contributed by atoms with Crippen molar-refractivity contribution >= 4 is 15.0 Å². The lowest BCUT2D eigenvalue weighted by Crippen LogP contribution is -2.22. The second-order valence-electron chi connectivity index (χ2n) is 9.06. The van der Waals surface area contributed by atoms with Gasteiger partial charge in [-0.15, -0.1) is 0 Å². The molecule has 0 radical (unpaired) electrons. The predicted octanol–water partition coefficient (Wildman–Crippen LogP) is 6.74. The normalized spacial score (nSPS) is 10.7. The number of hydrogen-bond acceptors (Lipinski definition) is 5. The zero-order valence-electron chi connectivity index (χ0n) is 20.8. The number of carbonyl (C=O) groups is 1. The summed E-state index contributed by atoms with van der Waals surface area (Å²) in [5.74, 6) is 0.772. The fraction of sp³-hybridized carbons (Fsp3) is 0.321. The van der Waals surface area contributed by atoms with E-state index in [1.165, 1.54) is 0 Å². The van der Waals surface area contributed by atoms with E-state index in [1.807, 2.05) is 60.7 Å².